The number of halogens is 2. The third kappa shape index (κ3) is 4.93. The van der Waals surface area contributed by atoms with E-state index in [1.54, 1.807) is 0 Å². The minimum Gasteiger partial charge on any atom is -0.355 e. The summed E-state index contributed by atoms with van der Waals surface area (Å²) in [6.07, 6.45) is 3.82. The minimum atomic E-state index is 0. The van der Waals surface area contributed by atoms with Crippen molar-refractivity contribution in [1.29, 1.82) is 0 Å². The fraction of sp³-hybridized carbons (Fsp3) is 0.562. The molecule has 3 unspecified atom stereocenters. The molecule has 3 nitrogen and oxygen atoms in total. The fourth-order valence-corrected chi connectivity index (χ4v) is 4.25. The van der Waals surface area contributed by atoms with Crippen molar-refractivity contribution in [3.05, 3.63) is 34.9 Å². The molecule has 3 rings (SSSR count). The first-order chi connectivity index (χ1) is 10.3. The second kappa shape index (κ2) is 8.64. The predicted octanol–water partition coefficient (Wildman–Crippen LogP) is 3.87. The number of rotatable bonds is 4. The Labute approximate surface area is 159 Å². The molecular formula is C16H23ClIN3S. The van der Waals surface area contributed by atoms with Crippen LogP contribution in [0.3, 0.4) is 0 Å². The molecule has 2 fully saturated rings. The largest absolute Gasteiger partial charge is 0.355 e. The average Bonchev–Trinajstić information content (AvgIpc) is 3.06. The maximum absolute atomic E-state index is 6.06. The van der Waals surface area contributed by atoms with Crippen LogP contribution in [0.25, 0.3) is 0 Å². The van der Waals surface area contributed by atoms with Gasteiger partial charge in [0.05, 0.1) is 0 Å². The maximum Gasteiger partial charge on any atom is 0.191 e. The highest BCUT2D eigenvalue weighted by molar-refractivity contribution is 14.0. The van der Waals surface area contributed by atoms with Crippen LogP contribution < -0.4 is 10.6 Å². The number of nitrogens with one attached hydrogen (secondary N) is 2. The Kier molecular flexibility index (Phi) is 7.15. The lowest BCUT2D eigenvalue weighted by Gasteiger charge is -2.14. The zero-order valence-electron chi connectivity index (χ0n) is 12.7. The summed E-state index contributed by atoms with van der Waals surface area (Å²) in [5.41, 5.74) is 1.32. The van der Waals surface area contributed by atoms with Crippen LogP contribution in [0.15, 0.2) is 29.3 Å². The Balaban J connectivity index is 0.00000176. The molecule has 1 saturated carbocycles. The van der Waals surface area contributed by atoms with Crippen molar-refractivity contribution in [2.45, 2.75) is 36.5 Å². The first-order valence-electron chi connectivity index (χ1n) is 7.60. The third-order valence-corrected chi connectivity index (χ3v) is 5.77. The molecule has 2 aliphatic rings. The molecule has 1 heterocycles. The average molecular weight is 452 g/mol. The van der Waals surface area contributed by atoms with Gasteiger partial charge in [0.2, 0.25) is 0 Å². The normalized spacial score (nSPS) is 27.2. The summed E-state index contributed by atoms with van der Waals surface area (Å²) >= 11 is 8.13. The van der Waals surface area contributed by atoms with Gasteiger partial charge in [-0.1, -0.05) is 23.7 Å². The van der Waals surface area contributed by atoms with Crippen LogP contribution in [0, 0.1) is 0 Å². The first kappa shape index (κ1) is 18.2. The van der Waals surface area contributed by atoms with Gasteiger partial charge in [0, 0.05) is 35.8 Å². The molecule has 1 aliphatic heterocycles. The lowest BCUT2D eigenvalue weighted by molar-refractivity contribution is 0.722. The van der Waals surface area contributed by atoms with Crippen LogP contribution in [0.4, 0.5) is 0 Å². The van der Waals surface area contributed by atoms with E-state index in [0.717, 1.165) is 29.2 Å². The number of benzene rings is 1. The SMILES string of the molecule is CN=C(NCC1CCCS1)NC1CC1c1cccc(Cl)c1.I. The van der Waals surface area contributed by atoms with Crippen molar-refractivity contribution >= 4 is 53.3 Å². The van der Waals surface area contributed by atoms with Crippen LogP contribution >= 0.6 is 47.3 Å². The van der Waals surface area contributed by atoms with Crippen LogP contribution in [0.1, 0.15) is 30.7 Å². The summed E-state index contributed by atoms with van der Waals surface area (Å²) in [7, 11) is 1.84. The molecule has 1 saturated heterocycles. The molecule has 122 valence electrons. The van der Waals surface area contributed by atoms with Gasteiger partial charge >= 0.3 is 0 Å². The molecule has 0 aromatic heterocycles. The zero-order valence-corrected chi connectivity index (χ0v) is 16.6. The second-order valence-corrected chi connectivity index (χ2v) is 7.58. The Morgan fingerprint density at radius 1 is 1.45 bits per heavy atom. The molecule has 1 aliphatic carbocycles. The van der Waals surface area contributed by atoms with E-state index in [9.17, 15) is 0 Å². The molecule has 3 atom stereocenters. The van der Waals surface area contributed by atoms with Gasteiger partial charge in [-0.15, -0.1) is 24.0 Å². The number of thioether (sulfide) groups is 1. The number of nitrogens with zero attached hydrogens (tertiary/aromatic N) is 1. The summed E-state index contributed by atoms with van der Waals surface area (Å²) in [5.74, 6) is 2.79. The van der Waals surface area contributed by atoms with E-state index in [2.05, 4.69) is 39.5 Å². The Morgan fingerprint density at radius 2 is 2.32 bits per heavy atom. The van der Waals surface area contributed by atoms with Crippen molar-refractivity contribution in [2.24, 2.45) is 4.99 Å². The number of hydrogen-bond donors (Lipinski definition) is 2. The third-order valence-electron chi connectivity index (χ3n) is 4.13. The summed E-state index contributed by atoms with van der Waals surface area (Å²) in [6, 6.07) is 8.65. The molecule has 1 aromatic rings. The van der Waals surface area contributed by atoms with Crippen molar-refractivity contribution in [1.82, 2.24) is 10.6 Å². The number of guanidine groups is 1. The standard InChI is InChI=1S/C16H22ClN3S.HI/c1-18-16(19-10-13-6-3-7-21-13)20-15-9-14(15)11-4-2-5-12(17)8-11;/h2,4-5,8,13-15H,3,6-7,9-10H2,1H3,(H2,18,19,20);1H. The first-order valence-corrected chi connectivity index (χ1v) is 9.03. The Hall–Kier alpha value is -0.140. The predicted molar refractivity (Wildman–Crippen MR) is 108 cm³/mol. The van der Waals surface area contributed by atoms with Gasteiger partial charge in [0.1, 0.15) is 0 Å². The lowest BCUT2D eigenvalue weighted by Crippen LogP contribution is -2.41. The second-order valence-electron chi connectivity index (χ2n) is 5.74. The fourth-order valence-electron chi connectivity index (χ4n) is 2.85. The minimum absolute atomic E-state index is 0. The Bertz CT molecular complexity index is 520. The van der Waals surface area contributed by atoms with E-state index in [1.165, 1.54) is 24.2 Å². The van der Waals surface area contributed by atoms with E-state index < -0.39 is 0 Å². The van der Waals surface area contributed by atoms with Crippen LogP contribution in [0.5, 0.6) is 0 Å². The maximum atomic E-state index is 6.06. The van der Waals surface area contributed by atoms with E-state index in [0.29, 0.717) is 12.0 Å². The zero-order chi connectivity index (χ0) is 14.7. The highest BCUT2D eigenvalue weighted by Crippen LogP contribution is 2.41. The van der Waals surface area contributed by atoms with Crippen molar-refractivity contribution in [2.75, 3.05) is 19.3 Å². The van der Waals surface area contributed by atoms with Gasteiger partial charge in [-0.05, 0) is 42.7 Å². The topological polar surface area (TPSA) is 36.4 Å². The summed E-state index contributed by atoms with van der Waals surface area (Å²) in [6.45, 7) is 1.01. The molecule has 0 spiro atoms. The molecule has 2 N–H and O–H groups in total. The van der Waals surface area contributed by atoms with E-state index in [4.69, 9.17) is 11.6 Å². The van der Waals surface area contributed by atoms with Gasteiger partial charge in [0.15, 0.2) is 5.96 Å². The summed E-state index contributed by atoms with van der Waals surface area (Å²) in [5, 5.41) is 8.54. The van der Waals surface area contributed by atoms with Crippen molar-refractivity contribution in [3.63, 3.8) is 0 Å². The summed E-state index contributed by atoms with van der Waals surface area (Å²) in [4.78, 5) is 4.33. The molecule has 6 heteroatoms. The van der Waals surface area contributed by atoms with Gasteiger partial charge in [-0.2, -0.15) is 11.8 Å². The van der Waals surface area contributed by atoms with E-state index in [1.807, 2.05) is 19.2 Å². The van der Waals surface area contributed by atoms with Crippen LogP contribution in [-0.2, 0) is 0 Å². The van der Waals surface area contributed by atoms with Gasteiger partial charge in [-0.25, -0.2) is 0 Å². The monoisotopic (exact) mass is 451 g/mol. The van der Waals surface area contributed by atoms with Crippen LogP contribution in [-0.4, -0.2) is 36.6 Å². The lowest BCUT2D eigenvalue weighted by atomic mass is 10.1. The smallest absolute Gasteiger partial charge is 0.191 e. The quantitative estimate of drug-likeness (QED) is 0.414. The summed E-state index contributed by atoms with van der Waals surface area (Å²) < 4.78 is 0. The molecule has 0 amide bonds. The molecule has 0 radical (unpaired) electrons. The molecular weight excluding hydrogens is 429 g/mol. The molecule has 0 bridgehead atoms. The van der Waals surface area contributed by atoms with Crippen molar-refractivity contribution < 1.29 is 0 Å². The Morgan fingerprint density at radius 3 is 3.00 bits per heavy atom. The highest BCUT2D eigenvalue weighted by atomic mass is 127. The molecule has 22 heavy (non-hydrogen) atoms. The highest BCUT2D eigenvalue weighted by Gasteiger charge is 2.39. The van der Waals surface area contributed by atoms with E-state index >= 15 is 0 Å². The molecule has 1 aromatic carbocycles. The van der Waals surface area contributed by atoms with Gasteiger partial charge < -0.3 is 10.6 Å². The number of aliphatic imine (C=N–C) groups is 1. The van der Waals surface area contributed by atoms with Gasteiger partial charge in [0.25, 0.3) is 0 Å². The number of hydrogen-bond acceptors (Lipinski definition) is 2. The van der Waals surface area contributed by atoms with E-state index in [-0.39, 0.29) is 24.0 Å². The van der Waals surface area contributed by atoms with Crippen molar-refractivity contribution in [3.8, 4) is 0 Å². The van der Waals surface area contributed by atoms with Crippen LogP contribution in [0.2, 0.25) is 5.02 Å². The van der Waals surface area contributed by atoms with Gasteiger partial charge in [-0.3, -0.25) is 4.99 Å².